The number of anilines is 3. The second-order valence-corrected chi connectivity index (χ2v) is 18.1. The Kier molecular flexibility index (Phi) is 7.96. The van der Waals surface area contributed by atoms with Crippen molar-refractivity contribution in [2.24, 2.45) is 0 Å². The van der Waals surface area contributed by atoms with E-state index in [1.165, 1.54) is 94.3 Å². The average Bonchev–Trinajstić information content (AvgIpc) is 3.87. The third-order valence-electron chi connectivity index (χ3n) is 14.0. The molecule has 10 aromatic rings. The van der Waals surface area contributed by atoms with Gasteiger partial charge in [0.05, 0.1) is 11.0 Å². The van der Waals surface area contributed by atoms with E-state index < -0.39 is 0 Å². The Labute approximate surface area is 364 Å². The van der Waals surface area contributed by atoms with E-state index in [0.717, 1.165) is 17.1 Å². The second kappa shape index (κ2) is 13.5. The molecule has 0 radical (unpaired) electrons. The van der Waals surface area contributed by atoms with E-state index in [2.05, 4.69) is 243 Å². The van der Waals surface area contributed by atoms with E-state index in [1.54, 1.807) is 0 Å². The topological polar surface area (TPSA) is 8.17 Å². The molecule has 2 nitrogen and oxygen atoms in total. The first-order valence-electron chi connectivity index (χ1n) is 21.9. The number of hydrogen-bond acceptors (Lipinski definition) is 1. The van der Waals surface area contributed by atoms with Crippen LogP contribution in [-0.2, 0) is 10.8 Å². The molecule has 1 heterocycles. The highest BCUT2D eigenvalue weighted by molar-refractivity contribution is 6.21. The molecule has 0 saturated heterocycles. The van der Waals surface area contributed by atoms with Crippen LogP contribution < -0.4 is 4.90 Å². The fourth-order valence-corrected chi connectivity index (χ4v) is 10.9. The fourth-order valence-electron chi connectivity index (χ4n) is 10.9. The molecule has 0 amide bonds. The van der Waals surface area contributed by atoms with Crippen molar-refractivity contribution in [2.75, 3.05) is 4.90 Å². The molecular formula is C60H46N2. The maximum Gasteiger partial charge on any atom is 0.0628 e. The van der Waals surface area contributed by atoms with Crippen LogP contribution in [-0.4, -0.2) is 4.57 Å². The number of rotatable bonds is 6. The van der Waals surface area contributed by atoms with Gasteiger partial charge in [-0.1, -0.05) is 173 Å². The number of benzene rings is 9. The van der Waals surface area contributed by atoms with Gasteiger partial charge in [0.15, 0.2) is 0 Å². The first-order chi connectivity index (χ1) is 30.3. The summed E-state index contributed by atoms with van der Waals surface area (Å²) in [6, 6.07) is 76.4. The first kappa shape index (κ1) is 36.4. The number of fused-ring (bicyclic) bond motifs is 10. The van der Waals surface area contributed by atoms with E-state index in [0.29, 0.717) is 0 Å². The quantitative estimate of drug-likeness (QED) is 0.163. The van der Waals surface area contributed by atoms with Crippen LogP contribution >= 0.6 is 0 Å². The van der Waals surface area contributed by atoms with Crippen LogP contribution in [0.4, 0.5) is 17.1 Å². The van der Waals surface area contributed by atoms with Gasteiger partial charge in [0.2, 0.25) is 0 Å². The Balaban J connectivity index is 1.06. The molecule has 1 aromatic heterocycles. The van der Waals surface area contributed by atoms with Crippen molar-refractivity contribution in [3.63, 3.8) is 0 Å². The molecule has 2 aliphatic rings. The molecule has 0 spiro atoms. The standard InChI is InChI=1S/C60H46N2/c1-59(2)51-24-14-11-21-46(51)47-36-35-45(37-53(47)59)61(43-31-27-40(28-32-43)39-17-7-5-8-18-39)44-33-29-41(30-34-44)50-38-54-57(48-22-12-15-25-52(48)60(54,3)4)58-56(50)49-23-13-16-26-55(49)62(58)42-19-9-6-10-20-42/h5-38H,1-4H3. The molecule has 0 fully saturated rings. The minimum absolute atomic E-state index is 0.111. The Morgan fingerprint density at radius 2 is 0.887 bits per heavy atom. The zero-order valence-electron chi connectivity index (χ0n) is 35.5. The molecule has 12 rings (SSSR count). The van der Waals surface area contributed by atoms with Gasteiger partial charge in [0.25, 0.3) is 0 Å². The third kappa shape index (κ3) is 5.29. The minimum Gasteiger partial charge on any atom is -0.310 e. The van der Waals surface area contributed by atoms with E-state index in [-0.39, 0.29) is 10.8 Å². The van der Waals surface area contributed by atoms with Crippen LogP contribution in [0, 0.1) is 0 Å². The summed E-state index contributed by atoms with van der Waals surface area (Å²) in [5.74, 6) is 0. The highest BCUT2D eigenvalue weighted by atomic mass is 15.1. The molecule has 0 aliphatic heterocycles. The van der Waals surface area contributed by atoms with Gasteiger partial charge in [-0.25, -0.2) is 0 Å². The minimum atomic E-state index is -0.170. The lowest BCUT2D eigenvalue weighted by Crippen LogP contribution is -2.16. The number of aromatic nitrogens is 1. The lowest BCUT2D eigenvalue weighted by atomic mass is 9.81. The third-order valence-corrected chi connectivity index (χ3v) is 14.0. The van der Waals surface area contributed by atoms with Gasteiger partial charge in [-0.3, -0.25) is 0 Å². The van der Waals surface area contributed by atoms with Crippen molar-refractivity contribution >= 4 is 38.9 Å². The number of para-hydroxylation sites is 2. The Morgan fingerprint density at radius 1 is 0.371 bits per heavy atom. The lowest BCUT2D eigenvalue weighted by molar-refractivity contribution is 0.660. The summed E-state index contributed by atoms with van der Waals surface area (Å²) in [5, 5.41) is 2.55. The van der Waals surface area contributed by atoms with Crippen molar-refractivity contribution in [3.8, 4) is 50.2 Å². The molecule has 2 aliphatic carbocycles. The Bertz CT molecular complexity index is 3370. The summed E-state index contributed by atoms with van der Waals surface area (Å²) in [6.45, 7) is 9.51. The highest BCUT2D eigenvalue weighted by Crippen LogP contribution is 2.56. The van der Waals surface area contributed by atoms with Crippen LogP contribution in [0.25, 0.3) is 72.0 Å². The second-order valence-electron chi connectivity index (χ2n) is 18.1. The Hall–Kier alpha value is -7.42. The van der Waals surface area contributed by atoms with Gasteiger partial charge in [-0.05, 0) is 122 Å². The normalized spacial score (nSPS) is 14.1. The fraction of sp³-hybridized carbons (Fsp3) is 0.100. The van der Waals surface area contributed by atoms with Gasteiger partial charge >= 0.3 is 0 Å². The van der Waals surface area contributed by atoms with Gasteiger partial charge in [0.1, 0.15) is 0 Å². The van der Waals surface area contributed by atoms with Crippen molar-refractivity contribution in [1.29, 1.82) is 0 Å². The maximum absolute atomic E-state index is 2.51. The van der Waals surface area contributed by atoms with Gasteiger partial charge in [-0.15, -0.1) is 0 Å². The number of nitrogens with zero attached hydrogens (tertiary/aromatic N) is 2. The van der Waals surface area contributed by atoms with Crippen molar-refractivity contribution in [3.05, 3.63) is 229 Å². The number of hydrogen-bond donors (Lipinski definition) is 0. The Morgan fingerprint density at radius 3 is 1.60 bits per heavy atom. The summed E-state index contributed by atoms with van der Waals surface area (Å²) in [7, 11) is 0. The van der Waals surface area contributed by atoms with E-state index in [9.17, 15) is 0 Å². The summed E-state index contributed by atoms with van der Waals surface area (Å²) in [6.07, 6.45) is 0. The van der Waals surface area contributed by atoms with Crippen LogP contribution in [0.15, 0.2) is 206 Å². The molecule has 0 atom stereocenters. The predicted octanol–water partition coefficient (Wildman–Crippen LogP) is 16.2. The van der Waals surface area contributed by atoms with E-state index >= 15 is 0 Å². The van der Waals surface area contributed by atoms with E-state index in [1.807, 2.05) is 0 Å². The summed E-state index contributed by atoms with van der Waals surface area (Å²) in [5.41, 5.74) is 22.5. The molecule has 0 saturated carbocycles. The SMILES string of the molecule is CC1(C)c2ccccc2-c2ccc(N(c3ccc(-c4ccccc4)cc3)c3ccc(-c4cc5c(c6c4c4ccccc4n6-c4ccccc4)-c4ccccc4C5(C)C)cc3)cc21. The zero-order chi connectivity index (χ0) is 41.7. The van der Waals surface area contributed by atoms with Crippen molar-refractivity contribution < 1.29 is 0 Å². The van der Waals surface area contributed by atoms with Gasteiger partial charge in [-0.2, -0.15) is 0 Å². The first-order valence-corrected chi connectivity index (χ1v) is 21.9. The molecule has 2 heteroatoms. The highest BCUT2D eigenvalue weighted by Gasteiger charge is 2.39. The molecule has 62 heavy (non-hydrogen) atoms. The van der Waals surface area contributed by atoms with Crippen LogP contribution in [0.5, 0.6) is 0 Å². The lowest BCUT2D eigenvalue weighted by Gasteiger charge is -2.28. The van der Waals surface area contributed by atoms with E-state index in [4.69, 9.17) is 0 Å². The van der Waals surface area contributed by atoms with Crippen LogP contribution in [0.3, 0.4) is 0 Å². The van der Waals surface area contributed by atoms with Crippen molar-refractivity contribution in [1.82, 2.24) is 4.57 Å². The van der Waals surface area contributed by atoms with Gasteiger partial charge in [0, 0.05) is 49.9 Å². The average molecular weight is 795 g/mol. The molecule has 0 unspecified atom stereocenters. The molecule has 296 valence electrons. The van der Waals surface area contributed by atoms with Crippen LogP contribution in [0.2, 0.25) is 0 Å². The largest absolute Gasteiger partial charge is 0.310 e. The summed E-state index contributed by atoms with van der Waals surface area (Å²) < 4.78 is 2.51. The smallest absolute Gasteiger partial charge is 0.0628 e. The van der Waals surface area contributed by atoms with Crippen molar-refractivity contribution in [2.45, 2.75) is 38.5 Å². The molecule has 0 N–H and O–H groups in total. The van der Waals surface area contributed by atoms with Crippen LogP contribution in [0.1, 0.15) is 49.9 Å². The zero-order valence-corrected chi connectivity index (χ0v) is 35.5. The molecular weight excluding hydrogens is 749 g/mol. The molecule has 0 bridgehead atoms. The predicted molar refractivity (Wildman–Crippen MR) is 261 cm³/mol. The monoisotopic (exact) mass is 794 g/mol. The summed E-state index contributed by atoms with van der Waals surface area (Å²) >= 11 is 0. The molecule has 9 aromatic carbocycles. The summed E-state index contributed by atoms with van der Waals surface area (Å²) in [4.78, 5) is 2.43. The maximum atomic E-state index is 2.51. The van der Waals surface area contributed by atoms with Gasteiger partial charge < -0.3 is 9.47 Å².